The Labute approximate surface area is 96.9 Å². The van der Waals surface area contributed by atoms with Crippen LogP contribution in [0.1, 0.15) is 18.7 Å². The van der Waals surface area contributed by atoms with E-state index in [1.165, 1.54) is 0 Å². The van der Waals surface area contributed by atoms with E-state index in [1.54, 1.807) is 0 Å². The van der Waals surface area contributed by atoms with Crippen LogP contribution in [0.5, 0.6) is 0 Å². The molecule has 7 heteroatoms. The van der Waals surface area contributed by atoms with Crippen molar-refractivity contribution in [1.29, 1.82) is 0 Å². The standard InChI is InChI=1S/C10H12FN3O3/c11-7-4-12-9(13-5-7)3-1-2-8(10(16)17)14-6-15/h4-6,8H,1-3H2,(H,14,15)(H,16,17). The second-order valence-corrected chi connectivity index (χ2v) is 3.39. The van der Waals surface area contributed by atoms with E-state index in [2.05, 4.69) is 15.3 Å². The van der Waals surface area contributed by atoms with Gasteiger partial charge in [-0.15, -0.1) is 0 Å². The van der Waals surface area contributed by atoms with Crippen molar-refractivity contribution in [3.63, 3.8) is 0 Å². The zero-order valence-electron chi connectivity index (χ0n) is 8.97. The molecular formula is C10H12FN3O3. The molecule has 0 aliphatic carbocycles. The predicted molar refractivity (Wildman–Crippen MR) is 55.6 cm³/mol. The van der Waals surface area contributed by atoms with Crippen molar-refractivity contribution in [3.05, 3.63) is 24.0 Å². The molecule has 0 bridgehead atoms. The topological polar surface area (TPSA) is 92.2 Å². The zero-order chi connectivity index (χ0) is 12.7. The van der Waals surface area contributed by atoms with Crippen LogP contribution in [0.2, 0.25) is 0 Å². The van der Waals surface area contributed by atoms with Crippen LogP contribution in [-0.2, 0) is 16.0 Å². The molecule has 1 amide bonds. The first-order valence-corrected chi connectivity index (χ1v) is 5.02. The summed E-state index contributed by atoms with van der Waals surface area (Å²) in [6.45, 7) is 0. The molecule has 17 heavy (non-hydrogen) atoms. The summed E-state index contributed by atoms with van der Waals surface area (Å²) in [4.78, 5) is 28.3. The van der Waals surface area contributed by atoms with E-state index in [-0.39, 0.29) is 6.42 Å². The van der Waals surface area contributed by atoms with Crippen LogP contribution < -0.4 is 5.32 Å². The van der Waals surface area contributed by atoms with Crippen molar-refractivity contribution >= 4 is 12.4 Å². The summed E-state index contributed by atoms with van der Waals surface area (Å²) in [7, 11) is 0. The van der Waals surface area contributed by atoms with Gasteiger partial charge in [-0.05, 0) is 12.8 Å². The lowest BCUT2D eigenvalue weighted by Gasteiger charge is -2.09. The molecule has 1 aromatic rings. The number of amides is 1. The number of nitrogens with one attached hydrogen (secondary N) is 1. The molecule has 1 aromatic heterocycles. The Kier molecular flexibility index (Phi) is 4.99. The average molecular weight is 241 g/mol. The maximum absolute atomic E-state index is 12.5. The molecule has 1 unspecified atom stereocenters. The first-order chi connectivity index (χ1) is 8.13. The Morgan fingerprint density at radius 1 is 1.53 bits per heavy atom. The maximum Gasteiger partial charge on any atom is 0.326 e. The minimum Gasteiger partial charge on any atom is -0.480 e. The number of carboxylic acids is 1. The Morgan fingerprint density at radius 3 is 2.71 bits per heavy atom. The number of rotatable bonds is 7. The maximum atomic E-state index is 12.5. The third-order valence-corrected chi connectivity index (χ3v) is 2.13. The van der Waals surface area contributed by atoms with Gasteiger partial charge in [-0.2, -0.15) is 0 Å². The van der Waals surface area contributed by atoms with E-state index in [9.17, 15) is 14.0 Å². The molecule has 6 nitrogen and oxygen atoms in total. The molecule has 0 fully saturated rings. The van der Waals surface area contributed by atoms with Gasteiger partial charge in [-0.1, -0.05) is 0 Å². The largest absolute Gasteiger partial charge is 0.480 e. The highest BCUT2D eigenvalue weighted by Crippen LogP contribution is 2.03. The third kappa shape index (κ3) is 4.54. The van der Waals surface area contributed by atoms with Crippen LogP contribution in [0.25, 0.3) is 0 Å². The second kappa shape index (κ2) is 6.51. The lowest BCUT2D eigenvalue weighted by atomic mass is 10.1. The summed E-state index contributed by atoms with van der Waals surface area (Å²) in [6.07, 6.45) is 3.66. The van der Waals surface area contributed by atoms with Crippen LogP contribution in [0.4, 0.5) is 4.39 Å². The minimum atomic E-state index is -1.09. The molecule has 0 aromatic carbocycles. The van der Waals surface area contributed by atoms with Gasteiger partial charge >= 0.3 is 5.97 Å². The highest BCUT2D eigenvalue weighted by Gasteiger charge is 2.15. The Bertz CT molecular complexity index is 383. The summed E-state index contributed by atoms with van der Waals surface area (Å²) >= 11 is 0. The number of carbonyl (C=O) groups is 2. The molecule has 0 aliphatic rings. The number of aliphatic carboxylic acids is 1. The second-order valence-electron chi connectivity index (χ2n) is 3.39. The number of hydrogen-bond acceptors (Lipinski definition) is 4. The van der Waals surface area contributed by atoms with Crippen molar-refractivity contribution in [1.82, 2.24) is 15.3 Å². The SMILES string of the molecule is O=CNC(CCCc1ncc(F)cn1)C(=O)O. The fourth-order valence-electron chi connectivity index (χ4n) is 1.29. The molecule has 0 saturated carbocycles. The number of aryl methyl sites for hydroxylation is 1. The van der Waals surface area contributed by atoms with E-state index in [0.717, 1.165) is 12.4 Å². The molecule has 1 atom stereocenters. The van der Waals surface area contributed by atoms with Gasteiger partial charge in [0.05, 0.1) is 12.4 Å². The summed E-state index contributed by atoms with van der Waals surface area (Å²) < 4.78 is 12.5. The van der Waals surface area contributed by atoms with Crippen LogP contribution in [0.3, 0.4) is 0 Å². The highest BCUT2D eigenvalue weighted by atomic mass is 19.1. The van der Waals surface area contributed by atoms with Gasteiger partial charge < -0.3 is 10.4 Å². The van der Waals surface area contributed by atoms with Crippen molar-refractivity contribution in [2.75, 3.05) is 0 Å². The molecule has 0 spiro atoms. The van der Waals surface area contributed by atoms with Crippen LogP contribution in [-0.4, -0.2) is 33.5 Å². The van der Waals surface area contributed by atoms with E-state index in [1.807, 2.05) is 0 Å². The lowest BCUT2D eigenvalue weighted by molar-refractivity contribution is -0.140. The van der Waals surface area contributed by atoms with Crippen LogP contribution in [0.15, 0.2) is 12.4 Å². The van der Waals surface area contributed by atoms with E-state index < -0.39 is 17.8 Å². The number of nitrogens with zero attached hydrogens (tertiary/aromatic N) is 2. The van der Waals surface area contributed by atoms with Crippen LogP contribution in [0, 0.1) is 5.82 Å². The Hall–Kier alpha value is -2.05. The molecule has 0 saturated heterocycles. The van der Waals surface area contributed by atoms with Crippen LogP contribution >= 0.6 is 0 Å². The summed E-state index contributed by atoms with van der Waals surface area (Å²) in [5.74, 6) is -1.15. The van der Waals surface area contributed by atoms with Gasteiger partial charge in [0.15, 0.2) is 5.82 Å². The van der Waals surface area contributed by atoms with Gasteiger partial charge in [0.25, 0.3) is 0 Å². The normalized spacial score (nSPS) is 11.8. The van der Waals surface area contributed by atoms with Gasteiger partial charge in [0.1, 0.15) is 11.9 Å². The molecule has 1 rings (SSSR count). The summed E-state index contributed by atoms with van der Waals surface area (Å²) in [5, 5.41) is 10.9. The average Bonchev–Trinajstić information content (AvgIpc) is 2.30. The number of carboxylic acid groups (broad SMARTS) is 1. The van der Waals surface area contributed by atoms with E-state index >= 15 is 0 Å². The first kappa shape index (κ1) is 13.0. The smallest absolute Gasteiger partial charge is 0.326 e. The number of halogens is 1. The van der Waals surface area contributed by atoms with Crippen molar-refractivity contribution in [2.45, 2.75) is 25.3 Å². The fraction of sp³-hybridized carbons (Fsp3) is 0.400. The number of aromatic nitrogens is 2. The molecule has 92 valence electrons. The van der Waals surface area contributed by atoms with E-state index in [0.29, 0.717) is 25.1 Å². The van der Waals surface area contributed by atoms with Crippen molar-refractivity contribution < 1.29 is 19.1 Å². The van der Waals surface area contributed by atoms with Crippen molar-refractivity contribution in [2.24, 2.45) is 0 Å². The molecular weight excluding hydrogens is 229 g/mol. The van der Waals surface area contributed by atoms with Gasteiger partial charge in [-0.25, -0.2) is 19.2 Å². The Balaban J connectivity index is 2.37. The molecule has 2 N–H and O–H groups in total. The van der Waals surface area contributed by atoms with Crippen molar-refractivity contribution in [3.8, 4) is 0 Å². The number of hydrogen-bond donors (Lipinski definition) is 2. The third-order valence-electron chi connectivity index (χ3n) is 2.13. The summed E-state index contributed by atoms with van der Waals surface area (Å²) in [5.41, 5.74) is 0. The number of carbonyl (C=O) groups excluding carboxylic acids is 1. The lowest BCUT2D eigenvalue weighted by Crippen LogP contribution is -2.35. The first-order valence-electron chi connectivity index (χ1n) is 5.02. The summed E-state index contributed by atoms with van der Waals surface area (Å²) in [6, 6.07) is -0.909. The van der Waals surface area contributed by atoms with Gasteiger partial charge in [-0.3, -0.25) is 4.79 Å². The molecule has 1 heterocycles. The quantitative estimate of drug-likeness (QED) is 0.662. The Morgan fingerprint density at radius 2 is 2.18 bits per heavy atom. The minimum absolute atomic E-state index is 0.273. The predicted octanol–water partition coefficient (Wildman–Crippen LogP) is 0.138. The molecule has 0 aliphatic heterocycles. The van der Waals surface area contributed by atoms with E-state index in [4.69, 9.17) is 5.11 Å². The zero-order valence-corrected chi connectivity index (χ0v) is 8.97. The fourth-order valence-corrected chi connectivity index (χ4v) is 1.29. The highest BCUT2D eigenvalue weighted by molar-refractivity contribution is 5.76. The monoisotopic (exact) mass is 241 g/mol. The van der Waals surface area contributed by atoms with Gasteiger partial charge in [0, 0.05) is 6.42 Å². The molecule has 0 radical (unpaired) electrons. The van der Waals surface area contributed by atoms with Gasteiger partial charge in [0.2, 0.25) is 6.41 Å².